The molecule has 6 rings (SSSR count). The van der Waals surface area contributed by atoms with Gasteiger partial charge in [-0.25, -0.2) is 9.67 Å². The van der Waals surface area contributed by atoms with Crippen molar-refractivity contribution in [3.63, 3.8) is 0 Å². The number of esters is 1. The summed E-state index contributed by atoms with van der Waals surface area (Å²) < 4.78 is 6.96. The molecule has 3 aromatic heterocycles. The van der Waals surface area contributed by atoms with Crippen LogP contribution in [0.5, 0.6) is 0 Å². The molecule has 6 aromatic rings. The van der Waals surface area contributed by atoms with Crippen LogP contribution in [0.25, 0.3) is 33.3 Å². The molecule has 0 fully saturated rings. The summed E-state index contributed by atoms with van der Waals surface area (Å²) in [4.78, 5) is 26.6. The number of hydrogen-bond donors (Lipinski definition) is 2. The molecular weight excluding hydrogens is 554 g/mol. The average molecular weight is 580 g/mol. The van der Waals surface area contributed by atoms with Crippen molar-refractivity contribution in [1.29, 1.82) is 0 Å². The summed E-state index contributed by atoms with van der Waals surface area (Å²) >= 11 is 6.53. The van der Waals surface area contributed by atoms with Gasteiger partial charge in [0.25, 0.3) is 0 Å². The van der Waals surface area contributed by atoms with Crippen LogP contribution < -0.4 is 10.8 Å². The molecule has 3 heterocycles. The number of carbonyl (C=O) groups is 1. The second-order valence-corrected chi connectivity index (χ2v) is 9.81. The SMILES string of the molecule is O=C(CNc1ccccc1)OCCONc1ccc(-c2ccc3nnn(Cc4ccc5ncccc5c4)c3n2)cc1Cl. The molecule has 210 valence electrons. The predicted molar refractivity (Wildman–Crippen MR) is 162 cm³/mol. The molecule has 0 aliphatic rings. The highest BCUT2D eigenvalue weighted by Crippen LogP contribution is 2.29. The number of aromatic nitrogens is 5. The molecule has 0 spiro atoms. The minimum atomic E-state index is -0.375. The number of hydrogen-bond acceptors (Lipinski definition) is 9. The van der Waals surface area contributed by atoms with Gasteiger partial charge in [-0.1, -0.05) is 53.2 Å². The Bertz CT molecular complexity index is 1850. The summed E-state index contributed by atoms with van der Waals surface area (Å²) in [7, 11) is 0. The number of fused-ring (bicyclic) bond motifs is 2. The number of nitrogens with zero attached hydrogens (tertiary/aromatic N) is 5. The van der Waals surface area contributed by atoms with E-state index in [1.807, 2.05) is 72.8 Å². The van der Waals surface area contributed by atoms with Crippen LogP contribution in [-0.4, -0.2) is 50.7 Å². The summed E-state index contributed by atoms with van der Waals surface area (Å²) in [5.74, 6) is -0.375. The van der Waals surface area contributed by atoms with E-state index in [0.29, 0.717) is 28.4 Å². The normalized spacial score (nSPS) is 11.1. The summed E-state index contributed by atoms with van der Waals surface area (Å²) in [6, 6.07) is 28.8. The van der Waals surface area contributed by atoms with Gasteiger partial charge in [-0.05, 0) is 60.2 Å². The van der Waals surface area contributed by atoms with Gasteiger partial charge in [0.05, 0.1) is 28.5 Å². The maximum atomic E-state index is 11.9. The van der Waals surface area contributed by atoms with E-state index in [2.05, 4.69) is 32.2 Å². The third kappa shape index (κ3) is 6.46. The summed E-state index contributed by atoms with van der Waals surface area (Å²) in [5, 5.41) is 13.1. The first-order valence-electron chi connectivity index (χ1n) is 13.3. The van der Waals surface area contributed by atoms with E-state index in [9.17, 15) is 4.79 Å². The first kappa shape index (κ1) is 27.1. The van der Waals surface area contributed by atoms with E-state index in [4.69, 9.17) is 26.2 Å². The zero-order valence-electron chi connectivity index (χ0n) is 22.4. The quantitative estimate of drug-likeness (QED) is 0.112. The lowest BCUT2D eigenvalue weighted by atomic mass is 10.1. The van der Waals surface area contributed by atoms with Crippen molar-refractivity contribution >= 4 is 51.0 Å². The third-order valence-corrected chi connectivity index (χ3v) is 6.78. The average Bonchev–Trinajstić information content (AvgIpc) is 3.42. The standard InChI is InChI=1S/C31H26ClN7O3/c32-25-18-23(9-11-28(25)37-42-16-15-41-30(40)19-34-24-6-2-1-3-7-24)27-12-13-29-31(35-27)39(38-36-29)20-21-8-10-26-22(17-21)5-4-14-33-26/h1-14,17-18,34,37H,15-16,19-20H2. The Hall–Kier alpha value is -5.06. The van der Waals surface area contributed by atoms with Crippen LogP contribution in [0.4, 0.5) is 11.4 Å². The van der Waals surface area contributed by atoms with Gasteiger partial charge in [0.15, 0.2) is 5.65 Å². The van der Waals surface area contributed by atoms with Gasteiger partial charge in [-0.2, -0.15) is 0 Å². The second kappa shape index (κ2) is 12.6. The van der Waals surface area contributed by atoms with Crippen LogP contribution in [0.1, 0.15) is 5.56 Å². The second-order valence-electron chi connectivity index (χ2n) is 9.40. The minimum Gasteiger partial charge on any atom is -0.462 e. The molecule has 0 saturated carbocycles. The Morgan fingerprint density at radius 2 is 1.79 bits per heavy atom. The zero-order valence-corrected chi connectivity index (χ0v) is 23.2. The Kier molecular flexibility index (Phi) is 8.16. The lowest BCUT2D eigenvalue weighted by Gasteiger charge is -2.11. The number of benzene rings is 3. The maximum Gasteiger partial charge on any atom is 0.325 e. The lowest BCUT2D eigenvalue weighted by Crippen LogP contribution is -2.19. The molecule has 0 unspecified atom stereocenters. The molecule has 42 heavy (non-hydrogen) atoms. The first-order valence-corrected chi connectivity index (χ1v) is 13.7. The fourth-order valence-electron chi connectivity index (χ4n) is 4.38. The van der Waals surface area contributed by atoms with E-state index in [1.54, 1.807) is 23.0 Å². The number of halogens is 1. The number of pyridine rings is 2. The molecule has 11 heteroatoms. The monoisotopic (exact) mass is 579 g/mol. The molecule has 0 bridgehead atoms. The molecule has 0 aliphatic carbocycles. The highest BCUT2D eigenvalue weighted by molar-refractivity contribution is 6.33. The zero-order chi connectivity index (χ0) is 28.7. The number of carbonyl (C=O) groups excluding carboxylic acids is 1. The van der Waals surface area contributed by atoms with Gasteiger partial charge in [0, 0.05) is 22.8 Å². The Morgan fingerprint density at radius 1 is 0.905 bits per heavy atom. The van der Waals surface area contributed by atoms with E-state index >= 15 is 0 Å². The van der Waals surface area contributed by atoms with Crippen molar-refractivity contribution in [2.75, 3.05) is 30.6 Å². The molecule has 0 radical (unpaired) electrons. The van der Waals surface area contributed by atoms with E-state index in [-0.39, 0.29) is 25.7 Å². The maximum absolute atomic E-state index is 11.9. The number of rotatable bonds is 11. The fourth-order valence-corrected chi connectivity index (χ4v) is 4.60. The molecular formula is C31H26ClN7O3. The van der Waals surface area contributed by atoms with Crippen LogP contribution >= 0.6 is 11.6 Å². The minimum absolute atomic E-state index is 0.0720. The van der Waals surface area contributed by atoms with Gasteiger partial charge in [0.1, 0.15) is 25.3 Å². The van der Waals surface area contributed by atoms with Crippen molar-refractivity contribution < 1.29 is 14.4 Å². The molecule has 3 aromatic carbocycles. The number of nitrogens with one attached hydrogen (secondary N) is 2. The van der Waals surface area contributed by atoms with Crippen LogP contribution in [0.3, 0.4) is 0 Å². The van der Waals surface area contributed by atoms with Gasteiger partial charge in [-0.15, -0.1) is 5.10 Å². The largest absolute Gasteiger partial charge is 0.462 e. The van der Waals surface area contributed by atoms with Crippen molar-refractivity contribution in [1.82, 2.24) is 25.0 Å². The number of para-hydroxylation sites is 1. The molecule has 2 N–H and O–H groups in total. The van der Waals surface area contributed by atoms with E-state index in [0.717, 1.165) is 33.4 Å². The fraction of sp³-hybridized carbons (Fsp3) is 0.129. The lowest BCUT2D eigenvalue weighted by molar-refractivity contribution is -0.142. The number of anilines is 2. The molecule has 0 atom stereocenters. The van der Waals surface area contributed by atoms with Crippen LogP contribution in [0, 0.1) is 0 Å². The Morgan fingerprint density at radius 3 is 2.67 bits per heavy atom. The van der Waals surface area contributed by atoms with Crippen LogP contribution in [-0.2, 0) is 20.9 Å². The highest BCUT2D eigenvalue weighted by Gasteiger charge is 2.11. The van der Waals surface area contributed by atoms with Gasteiger partial charge in [0.2, 0.25) is 0 Å². The smallest absolute Gasteiger partial charge is 0.325 e. The molecule has 0 amide bonds. The molecule has 10 nitrogen and oxygen atoms in total. The van der Waals surface area contributed by atoms with E-state index in [1.165, 1.54) is 0 Å². The predicted octanol–water partition coefficient (Wildman–Crippen LogP) is 5.74. The first-order chi connectivity index (χ1) is 20.6. The van der Waals surface area contributed by atoms with Crippen molar-refractivity contribution in [3.8, 4) is 11.3 Å². The van der Waals surface area contributed by atoms with Crippen molar-refractivity contribution in [2.24, 2.45) is 0 Å². The van der Waals surface area contributed by atoms with Crippen LogP contribution in [0.15, 0.2) is 97.2 Å². The van der Waals surface area contributed by atoms with E-state index < -0.39 is 0 Å². The van der Waals surface area contributed by atoms with Gasteiger partial charge >= 0.3 is 5.97 Å². The third-order valence-electron chi connectivity index (χ3n) is 6.47. The number of ether oxygens (including phenoxy) is 1. The van der Waals surface area contributed by atoms with Crippen molar-refractivity contribution in [2.45, 2.75) is 6.54 Å². The highest BCUT2D eigenvalue weighted by atomic mass is 35.5. The van der Waals surface area contributed by atoms with Crippen LogP contribution in [0.2, 0.25) is 5.02 Å². The summed E-state index contributed by atoms with van der Waals surface area (Å²) in [5.41, 5.74) is 9.20. The van der Waals surface area contributed by atoms with Crippen molar-refractivity contribution in [3.05, 3.63) is 108 Å². The Balaban J connectivity index is 1.04. The van der Waals surface area contributed by atoms with Gasteiger partial charge < -0.3 is 10.1 Å². The summed E-state index contributed by atoms with van der Waals surface area (Å²) in [6.07, 6.45) is 1.78. The topological polar surface area (TPSA) is 116 Å². The summed E-state index contributed by atoms with van der Waals surface area (Å²) in [6.45, 7) is 0.845. The Labute approximate surface area is 246 Å². The molecule has 0 saturated heterocycles. The van der Waals surface area contributed by atoms with Gasteiger partial charge in [-0.3, -0.25) is 20.1 Å². The molecule has 0 aliphatic heterocycles.